The Morgan fingerprint density at radius 3 is 2.68 bits per heavy atom. The molecule has 0 saturated carbocycles. The molecule has 0 aliphatic carbocycles. The van der Waals surface area contributed by atoms with Crippen molar-refractivity contribution < 1.29 is 39.3 Å². The molecular formula is C18H21NO6. The van der Waals surface area contributed by atoms with Crippen molar-refractivity contribution in [2.45, 2.75) is 25.5 Å². The maximum absolute atomic E-state index is 12.9. The molecule has 0 aliphatic heterocycles. The molecule has 25 heavy (non-hydrogen) atoms. The predicted molar refractivity (Wildman–Crippen MR) is 92.1 cm³/mol. The van der Waals surface area contributed by atoms with E-state index in [4.69, 9.17) is 19.8 Å². The molecule has 0 bridgehead atoms. The van der Waals surface area contributed by atoms with Crippen LogP contribution in [0.4, 0.5) is 0 Å². The van der Waals surface area contributed by atoms with Gasteiger partial charge in [0.1, 0.15) is 5.75 Å². The zero-order valence-corrected chi connectivity index (χ0v) is 12.9. The molecule has 0 aromatic heterocycles. The number of fused-ring (bicyclic) bond motifs is 1. The number of benzene rings is 2. The van der Waals surface area contributed by atoms with Crippen LogP contribution in [0, 0.1) is 10.1 Å². The lowest BCUT2D eigenvalue weighted by molar-refractivity contribution is -0.757. The van der Waals surface area contributed by atoms with Crippen LogP contribution in [-0.2, 0) is 14.4 Å². The van der Waals surface area contributed by atoms with Crippen molar-refractivity contribution in [3.05, 3.63) is 52.1 Å². The Balaban J connectivity index is 2.47. The minimum absolute atomic E-state index is 0.149. The molecule has 1 atom stereocenters. The summed E-state index contributed by atoms with van der Waals surface area (Å²) in [5.74, 6) is -3.44. The van der Waals surface area contributed by atoms with Crippen molar-refractivity contribution in [2.75, 3.05) is 20.2 Å². The van der Waals surface area contributed by atoms with E-state index in [9.17, 15) is 14.9 Å². The SMILES string of the molecule is [2H]C([2H])([2H])[C@H](C(=O)OC([2H])([2H])C([2H])([2H])C([2H])([2H])C([2H])([2H])O[N+](=O)[O-])c1ccc2cc(OC)ccc2c1. The molecule has 0 heterocycles. The summed E-state index contributed by atoms with van der Waals surface area (Å²) in [5.41, 5.74) is -0.149. The predicted octanol–water partition coefficient (Wildman–Crippen LogP) is 3.48. The smallest absolute Gasteiger partial charge is 0.313 e. The lowest BCUT2D eigenvalue weighted by atomic mass is 9.98. The van der Waals surface area contributed by atoms with Crippen molar-refractivity contribution in [3.63, 3.8) is 0 Å². The quantitative estimate of drug-likeness (QED) is 0.387. The summed E-state index contributed by atoms with van der Waals surface area (Å²) < 4.78 is 94.3. The van der Waals surface area contributed by atoms with Gasteiger partial charge in [-0.3, -0.25) is 4.79 Å². The summed E-state index contributed by atoms with van der Waals surface area (Å²) in [6.07, 6.45) is -8.21. The minimum atomic E-state index is -4.10. The fourth-order valence-corrected chi connectivity index (χ4v) is 1.93. The Labute approximate surface area is 161 Å². The summed E-state index contributed by atoms with van der Waals surface area (Å²) >= 11 is 0. The number of hydrogen-bond acceptors (Lipinski definition) is 6. The van der Waals surface area contributed by atoms with E-state index in [1.54, 1.807) is 18.2 Å². The summed E-state index contributed by atoms with van der Waals surface area (Å²) in [6.45, 7) is -11.2. The number of carbonyl (C=O) groups is 1. The Kier molecular flexibility index (Phi) is 3.02. The largest absolute Gasteiger partial charge is 0.497 e. The van der Waals surface area contributed by atoms with Crippen molar-refractivity contribution in [1.29, 1.82) is 0 Å². The molecule has 2 aromatic carbocycles. The molecule has 2 aromatic rings. The van der Waals surface area contributed by atoms with Gasteiger partial charge in [0.05, 0.1) is 31.6 Å². The Morgan fingerprint density at radius 1 is 1.24 bits per heavy atom. The average molecular weight is 358 g/mol. The third-order valence-electron chi connectivity index (χ3n) is 3.08. The molecule has 0 spiro atoms. The maximum atomic E-state index is 12.9. The Hall–Kier alpha value is -2.83. The minimum Gasteiger partial charge on any atom is -0.497 e. The number of carbonyl (C=O) groups excluding carboxylic acids is 1. The molecule has 134 valence electrons. The number of methoxy groups -OCH3 is 1. The van der Waals surface area contributed by atoms with E-state index in [1.807, 2.05) is 0 Å². The second-order valence-corrected chi connectivity index (χ2v) is 4.60. The average Bonchev–Trinajstić information content (AvgIpc) is 2.70. The van der Waals surface area contributed by atoms with Gasteiger partial charge in [0.25, 0.3) is 5.09 Å². The number of ether oxygens (including phenoxy) is 2. The van der Waals surface area contributed by atoms with E-state index in [2.05, 4.69) is 9.57 Å². The molecule has 7 heteroatoms. The van der Waals surface area contributed by atoms with Crippen LogP contribution in [0.1, 0.15) is 46.2 Å². The molecular weight excluding hydrogens is 326 g/mol. The van der Waals surface area contributed by atoms with E-state index < -0.39 is 49.7 Å². The second-order valence-electron chi connectivity index (χ2n) is 4.60. The van der Waals surface area contributed by atoms with Gasteiger partial charge >= 0.3 is 5.97 Å². The van der Waals surface area contributed by atoms with Crippen LogP contribution in [0.3, 0.4) is 0 Å². The first-order valence-corrected chi connectivity index (χ1v) is 6.82. The molecule has 0 radical (unpaired) electrons. The van der Waals surface area contributed by atoms with E-state index in [1.165, 1.54) is 25.3 Å². The van der Waals surface area contributed by atoms with E-state index in [-0.39, 0.29) is 5.56 Å². The monoisotopic (exact) mass is 358 g/mol. The molecule has 0 unspecified atom stereocenters. The topological polar surface area (TPSA) is 87.9 Å². The van der Waals surface area contributed by atoms with Crippen LogP contribution in [-0.4, -0.2) is 31.3 Å². The van der Waals surface area contributed by atoms with Crippen LogP contribution in [0.25, 0.3) is 10.8 Å². The van der Waals surface area contributed by atoms with Crippen LogP contribution in [0.5, 0.6) is 5.75 Å². The van der Waals surface area contributed by atoms with Crippen molar-refractivity contribution in [3.8, 4) is 5.75 Å². The van der Waals surface area contributed by atoms with Crippen LogP contribution < -0.4 is 4.74 Å². The molecule has 0 amide bonds. The fourth-order valence-electron chi connectivity index (χ4n) is 1.93. The van der Waals surface area contributed by atoms with Gasteiger partial charge in [-0.25, -0.2) is 0 Å². The maximum Gasteiger partial charge on any atom is 0.313 e. The third kappa shape index (κ3) is 5.34. The van der Waals surface area contributed by atoms with Gasteiger partial charge in [0, 0.05) is 9.60 Å². The number of nitrogens with zero attached hydrogens (tertiary/aromatic N) is 1. The Morgan fingerprint density at radius 2 is 1.96 bits per heavy atom. The highest BCUT2D eigenvalue weighted by molar-refractivity contribution is 5.86. The van der Waals surface area contributed by atoms with Gasteiger partial charge in [-0.1, -0.05) is 24.3 Å². The van der Waals surface area contributed by atoms with E-state index in [0.717, 1.165) is 0 Å². The lowest BCUT2D eigenvalue weighted by Gasteiger charge is -2.13. The summed E-state index contributed by atoms with van der Waals surface area (Å²) in [6, 6.07) is 8.83. The molecule has 7 nitrogen and oxygen atoms in total. The van der Waals surface area contributed by atoms with Gasteiger partial charge < -0.3 is 14.3 Å². The molecule has 0 N–H and O–H groups in total. The highest BCUT2D eigenvalue weighted by atomic mass is 16.9. The number of esters is 1. The molecule has 0 aliphatic rings. The zero-order chi connectivity index (χ0) is 27.9. The number of hydrogen-bond donors (Lipinski definition) is 0. The first-order chi connectivity index (χ1) is 16.2. The van der Waals surface area contributed by atoms with Crippen molar-refractivity contribution >= 4 is 16.7 Å². The highest BCUT2D eigenvalue weighted by Gasteiger charge is 2.17. The first kappa shape index (κ1) is 8.51. The molecule has 0 fully saturated rings. The van der Waals surface area contributed by atoms with Gasteiger partial charge in [-0.05, 0) is 48.1 Å². The van der Waals surface area contributed by atoms with Gasteiger partial charge in [-0.15, -0.1) is 10.1 Å². The normalized spacial score (nSPS) is 21.1. The van der Waals surface area contributed by atoms with Crippen LogP contribution >= 0.6 is 0 Å². The van der Waals surface area contributed by atoms with Gasteiger partial charge in [0.2, 0.25) is 0 Å². The Bertz CT molecular complexity index is 1150. The third-order valence-corrected chi connectivity index (χ3v) is 3.08. The van der Waals surface area contributed by atoms with Crippen LogP contribution in [0.15, 0.2) is 36.4 Å². The molecule has 0 saturated heterocycles. The summed E-state index contributed by atoms with van der Waals surface area (Å²) in [7, 11) is 1.44. The second kappa shape index (κ2) is 8.86. The zero-order valence-electron chi connectivity index (χ0n) is 23.9. The highest BCUT2D eigenvalue weighted by Crippen LogP contribution is 2.25. The van der Waals surface area contributed by atoms with Gasteiger partial charge in [-0.2, -0.15) is 0 Å². The molecule has 2 rings (SSSR count). The van der Waals surface area contributed by atoms with Crippen molar-refractivity contribution in [1.82, 2.24) is 0 Å². The standard InChI is InChI=1S/C18H21NO6/c1-13(18(20)24-9-3-4-10-25-19(21)22)14-5-6-16-12-17(23-2)8-7-15(16)11-14/h5-8,11-13H,3-4,9-10H2,1-2H3/t13-/m0/s1/i1D3,3D2,4D2,9D2,10D2. The number of rotatable bonds is 9. The first-order valence-electron chi connectivity index (χ1n) is 12.3. The fraction of sp³-hybridized carbons (Fsp3) is 0.389. The van der Waals surface area contributed by atoms with Crippen molar-refractivity contribution in [2.24, 2.45) is 0 Å². The lowest BCUT2D eigenvalue weighted by Crippen LogP contribution is -2.14. The van der Waals surface area contributed by atoms with Crippen LogP contribution in [0.2, 0.25) is 0 Å². The van der Waals surface area contributed by atoms with E-state index in [0.29, 0.717) is 16.5 Å². The van der Waals surface area contributed by atoms with E-state index >= 15 is 0 Å². The summed E-state index contributed by atoms with van der Waals surface area (Å²) in [4.78, 5) is 26.9. The van der Waals surface area contributed by atoms with Gasteiger partial charge in [0.15, 0.2) is 0 Å². The summed E-state index contributed by atoms with van der Waals surface area (Å²) in [5, 5.41) is 9.86.